The Labute approximate surface area is 96.8 Å². The summed E-state index contributed by atoms with van der Waals surface area (Å²) in [4.78, 5) is 21.7. The van der Waals surface area contributed by atoms with Gasteiger partial charge in [-0.1, -0.05) is 0 Å². The molecule has 1 aliphatic heterocycles. The predicted molar refractivity (Wildman–Crippen MR) is 53.0 cm³/mol. The van der Waals surface area contributed by atoms with Crippen LogP contribution in [0, 0.1) is 0 Å². The topological polar surface area (TPSA) is 136 Å². The van der Waals surface area contributed by atoms with E-state index in [1.165, 1.54) is 6.92 Å². The number of carboxylic acid groups (broad SMARTS) is 1. The lowest BCUT2D eigenvalue weighted by molar-refractivity contribution is -0.216. The number of carboxylic acids is 1. The highest BCUT2D eigenvalue weighted by Crippen LogP contribution is 2.20. The SMILES string of the molecule is C[C@@H]1O[C@H](C(=O)NCC(=O)O)[C@@H](O)[C@H](O)[C@H]1O. The fraction of sp³-hybridized carbons (Fsp3) is 0.778. The molecule has 0 radical (unpaired) electrons. The van der Waals surface area contributed by atoms with Crippen molar-refractivity contribution in [2.45, 2.75) is 37.4 Å². The molecule has 1 fully saturated rings. The number of hydrogen-bond donors (Lipinski definition) is 5. The molecular formula is C9H15NO7. The van der Waals surface area contributed by atoms with Gasteiger partial charge in [-0.25, -0.2) is 0 Å². The highest BCUT2D eigenvalue weighted by molar-refractivity contribution is 5.85. The molecular weight excluding hydrogens is 234 g/mol. The molecule has 0 bridgehead atoms. The van der Waals surface area contributed by atoms with Crippen molar-refractivity contribution in [1.82, 2.24) is 5.32 Å². The van der Waals surface area contributed by atoms with Crippen LogP contribution in [0.2, 0.25) is 0 Å². The number of hydrogen-bond acceptors (Lipinski definition) is 6. The Kier molecular flexibility index (Phi) is 4.40. The summed E-state index contributed by atoms with van der Waals surface area (Å²) in [5.74, 6) is -2.09. The smallest absolute Gasteiger partial charge is 0.322 e. The number of nitrogens with one attached hydrogen (secondary N) is 1. The highest BCUT2D eigenvalue weighted by atomic mass is 16.5. The van der Waals surface area contributed by atoms with Gasteiger partial charge in [0.05, 0.1) is 6.10 Å². The molecule has 0 aromatic heterocycles. The summed E-state index contributed by atoms with van der Waals surface area (Å²) >= 11 is 0. The van der Waals surface area contributed by atoms with Gasteiger partial charge in [-0.05, 0) is 6.92 Å². The van der Waals surface area contributed by atoms with Crippen LogP contribution in [-0.2, 0) is 14.3 Å². The van der Waals surface area contributed by atoms with Gasteiger partial charge in [0.1, 0.15) is 24.9 Å². The summed E-state index contributed by atoms with van der Waals surface area (Å²) in [6.45, 7) is 0.815. The van der Waals surface area contributed by atoms with Gasteiger partial charge in [-0.3, -0.25) is 9.59 Å². The monoisotopic (exact) mass is 249 g/mol. The first-order valence-corrected chi connectivity index (χ1v) is 5.03. The lowest BCUT2D eigenvalue weighted by atomic mass is 9.95. The first-order chi connectivity index (χ1) is 7.84. The number of carbonyl (C=O) groups excluding carboxylic acids is 1. The molecule has 17 heavy (non-hydrogen) atoms. The minimum Gasteiger partial charge on any atom is -0.480 e. The molecule has 8 nitrogen and oxygen atoms in total. The van der Waals surface area contributed by atoms with Crippen LogP contribution in [0.5, 0.6) is 0 Å². The van der Waals surface area contributed by atoms with Crippen LogP contribution >= 0.6 is 0 Å². The van der Waals surface area contributed by atoms with E-state index in [2.05, 4.69) is 0 Å². The fourth-order valence-corrected chi connectivity index (χ4v) is 1.53. The van der Waals surface area contributed by atoms with E-state index in [1.807, 2.05) is 5.32 Å². The second-order valence-corrected chi connectivity index (χ2v) is 3.85. The summed E-state index contributed by atoms with van der Waals surface area (Å²) in [6, 6.07) is 0. The number of aliphatic carboxylic acids is 1. The van der Waals surface area contributed by atoms with Gasteiger partial charge >= 0.3 is 5.97 Å². The van der Waals surface area contributed by atoms with E-state index in [9.17, 15) is 24.9 Å². The van der Waals surface area contributed by atoms with E-state index in [0.717, 1.165) is 0 Å². The Morgan fingerprint density at radius 2 is 1.76 bits per heavy atom. The minimum absolute atomic E-state index is 0.613. The van der Waals surface area contributed by atoms with Crippen molar-refractivity contribution >= 4 is 11.9 Å². The van der Waals surface area contributed by atoms with Crippen molar-refractivity contribution < 1.29 is 34.8 Å². The first kappa shape index (κ1) is 13.8. The minimum atomic E-state index is -1.60. The molecule has 0 saturated carbocycles. The van der Waals surface area contributed by atoms with E-state index in [4.69, 9.17) is 9.84 Å². The fourth-order valence-electron chi connectivity index (χ4n) is 1.53. The average molecular weight is 249 g/mol. The molecule has 0 aromatic carbocycles. The number of aliphatic hydroxyl groups excluding tert-OH is 3. The van der Waals surface area contributed by atoms with Gasteiger partial charge in [0.15, 0.2) is 6.10 Å². The molecule has 8 heteroatoms. The number of ether oxygens (including phenoxy) is 1. The van der Waals surface area contributed by atoms with Crippen LogP contribution in [0.3, 0.4) is 0 Å². The summed E-state index contributed by atoms with van der Waals surface area (Å²) in [5.41, 5.74) is 0. The van der Waals surface area contributed by atoms with Crippen molar-refractivity contribution in [2.75, 3.05) is 6.54 Å². The van der Waals surface area contributed by atoms with Crippen LogP contribution in [0.1, 0.15) is 6.92 Å². The number of aliphatic hydroxyl groups is 3. The lowest BCUT2D eigenvalue weighted by Crippen LogP contribution is -2.61. The summed E-state index contributed by atoms with van der Waals surface area (Å²) in [7, 11) is 0. The van der Waals surface area contributed by atoms with E-state index in [1.54, 1.807) is 0 Å². The maximum Gasteiger partial charge on any atom is 0.322 e. The molecule has 1 saturated heterocycles. The lowest BCUT2D eigenvalue weighted by Gasteiger charge is -2.38. The predicted octanol–water partition coefficient (Wildman–Crippen LogP) is -2.94. The van der Waals surface area contributed by atoms with Gasteiger partial charge in [0.25, 0.3) is 5.91 Å². The molecule has 0 aliphatic carbocycles. The molecule has 98 valence electrons. The second kappa shape index (κ2) is 5.41. The summed E-state index contributed by atoms with van der Waals surface area (Å²) < 4.78 is 5.01. The van der Waals surface area contributed by atoms with Gasteiger partial charge in [0, 0.05) is 0 Å². The molecule has 5 atom stereocenters. The molecule has 1 aliphatic rings. The highest BCUT2D eigenvalue weighted by Gasteiger charge is 2.44. The average Bonchev–Trinajstić information content (AvgIpc) is 2.28. The van der Waals surface area contributed by atoms with Crippen molar-refractivity contribution in [3.63, 3.8) is 0 Å². The van der Waals surface area contributed by atoms with Crippen LogP contribution in [0.4, 0.5) is 0 Å². The first-order valence-electron chi connectivity index (χ1n) is 5.03. The van der Waals surface area contributed by atoms with E-state index in [-0.39, 0.29) is 0 Å². The largest absolute Gasteiger partial charge is 0.480 e. The zero-order valence-corrected chi connectivity index (χ0v) is 9.11. The van der Waals surface area contributed by atoms with Crippen LogP contribution in [-0.4, -0.2) is 69.4 Å². The maximum absolute atomic E-state index is 11.5. The van der Waals surface area contributed by atoms with E-state index >= 15 is 0 Å². The Bertz CT molecular complexity index is 308. The quantitative estimate of drug-likeness (QED) is 0.361. The number of amides is 1. The van der Waals surface area contributed by atoms with Gasteiger partial charge in [0.2, 0.25) is 0 Å². The second-order valence-electron chi connectivity index (χ2n) is 3.85. The third kappa shape index (κ3) is 3.13. The third-order valence-corrected chi connectivity index (χ3v) is 2.52. The zero-order valence-electron chi connectivity index (χ0n) is 9.11. The maximum atomic E-state index is 11.5. The molecule has 1 amide bonds. The van der Waals surface area contributed by atoms with Gasteiger partial charge < -0.3 is 30.5 Å². The summed E-state index contributed by atoms with van der Waals surface area (Å²) in [5, 5.41) is 38.7. The molecule has 0 unspecified atom stereocenters. The van der Waals surface area contributed by atoms with Crippen molar-refractivity contribution in [3.8, 4) is 0 Å². The van der Waals surface area contributed by atoms with Crippen LogP contribution in [0.25, 0.3) is 0 Å². The Morgan fingerprint density at radius 1 is 1.18 bits per heavy atom. The van der Waals surface area contributed by atoms with Crippen molar-refractivity contribution in [1.29, 1.82) is 0 Å². The van der Waals surface area contributed by atoms with Crippen LogP contribution in [0.15, 0.2) is 0 Å². The Morgan fingerprint density at radius 3 is 2.29 bits per heavy atom. The zero-order chi connectivity index (χ0) is 13.2. The summed E-state index contributed by atoms with van der Waals surface area (Å²) in [6.07, 6.45) is -6.65. The van der Waals surface area contributed by atoms with E-state index < -0.39 is 48.9 Å². The Balaban J connectivity index is 2.63. The third-order valence-electron chi connectivity index (χ3n) is 2.52. The molecule has 0 spiro atoms. The van der Waals surface area contributed by atoms with Gasteiger partial charge in [-0.2, -0.15) is 0 Å². The van der Waals surface area contributed by atoms with Crippen LogP contribution < -0.4 is 5.32 Å². The Hall–Kier alpha value is -1.22. The number of rotatable bonds is 3. The molecule has 1 rings (SSSR count). The molecule has 1 heterocycles. The van der Waals surface area contributed by atoms with Crippen molar-refractivity contribution in [2.24, 2.45) is 0 Å². The van der Waals surface area contributed by atoms with Crippen molar-refractivity contribution in [3.05, 3.63) is 0 Å². The van der Waals surface area contributed by atoms with E-state index in [0.29, 0.717) is 0 Å². The number of carbonyl (C=O) groups is 2. The van der Waals surface area contributed by atoms with Gasteiger partial charge in [-0.15, -0.1) is 0 Å². The molecule has 0 aromatic rings. The molecule has 5 N–H and O–H groups in total. The standard InChI is InChI=1S/C9H15NO7/c1-3-5(13)6(14)7(15)8(17-3)9(16)10-2-4(11)12/h3,5-8,13-15H,2H2,1H3,(H,10,16)(H,11,12)/t3-,5-,6+,7-,8-/m0/s1. The normalized spacial score (nSPS) is 37.5.